The van der Waals surface area contributed by atoms with E-state index in [1.807, 2.05) is 0 Å². The fraction of sp³-hybridized carbons (Fsp3) is 0.0435. The highest BCUT2D eigenvalue weighted by molar-refractivity contribution is 6.36. The molecule has 0 unspecified atom stereocenters. The molecule has 0 amide bonds. The minimum Gasteiger partial charge on any atom is -0.467 e. The van der Waals surface area contributed by atoms with Crippen molar-refractivity contribution in [3.63, 3.8) is 0 Å². The summed E-state index contributed by atoms with van der Waals surface area (Å²) in [4.78, 5) is 8.74. The average molecular weight is 494 g/mol. The first-order valence-electron chi connectivity index (χ1n) is 9.15. The van der Waals surface area contributed by atoms with Gasteiger partial charge in [0, 0.05) is 33.8 Å². The van der Waals surface area contributed by atoms with Crippen LogP contribution in [0.15, 0.2) is 60.7 Å². The molecule has 9 heteroatoms. The second-order valence-corrected chi connectivity index (χ2v) is 7.86. The van der Waals surface area contributed by atoms with E-state index in [2.05, 4.69) is 9.97 Å². The fourth-order valence-corrected chi connectivity index (χ4v) is 3.66. The Morgan fingerprint density at radius 3 is 2.06 bits per heavy atom. The van der Waals surface area contributed by atoms with Crippen molar-refractivity contribution in [1.82, 2.24) is 9.97 Å². The molecule has 0 spiro atoms. The Kier molecular flexibility index (Phi) is 6.46. The highest BCUT2D eigenvalue weighted by atomic mass is 35.5. The van der Waals surface area contributed by atoms with Crippen LogP contribution in [0.5, 0.6) is 17.6 Å². The molecule has 0 fully saturated rings. The van der Waals surface area contributed by atoms with Crippen LogP contribution in [0, 0.1) is 11.6 Å². The molecule has 0 aliphatic rings. The van der Waals surface area contributed by atoms with Crippen molar-refractivity contribution < 1.29 is 18.3 Å². The van der Waals surface area contributed by atoms with Crippen LogP contribution in [0.25, 0.3) is 22.4 Å². The predicted molar refractivity (Wildman–Crippen MR) is 121 cm³/mol. The van der Waals surface area contributed by atoms with Gasteiger partial charge in [0.15, 0.2) is 0 Å². The first-order chi connectivity index (χ1) is 15.3. The van der Waals surface area contributed by atoms with Crippen molar-refractivity contribution in [3.8, 4) is 40.0 Å². The van der Waals surface area contributed by atoms with E-state index in [1.54, 1.807) is 42.5 Å². The minimum absolute atomic E-state index is 0.00480. The lowest BCUT2D eigenvalue weighted by Gasteiger charge is -2.16. The highest BCUT2D eigenvalue weighted by Crippen LogP contribution is 2.43. The summed E-state index contributed by atoms with van der Waals surface area (Å²) in [6.07, 6.45) is 0. The highest BCUT2D eigenvalue weighted by Gasteiger charge is 2.22. The molecule has 1 heterocycles. The van der Waals surface area contributed by atoms with E-state index in [0.29, 0.717) is 37.5 Å². The van der Waals surface area contributed by atoms with Crippen LogP contribution in [0.3, 0.4) is 0 Å². The number of methoxy groups -OCH3 is 1. The Bertz CT molecular complexity index is 1280. The van der Waals surface area contributed by atoms with Gasteiger partial charge in [0.1, 0.15) is 17.4 Å². The van der Waals surface area contributed by atoms with E-state index in [-0.39, 0.29) is 17.6 Å². The van der Waals surface area contributed by atoms with Gasteiger partial charge in [-0.2, -0.15) is 9.97 Å². The fourth-order valence-electron chi connectivity index (χ4n) is 3.04. The van der Waals surface area contributed by atoms with Crippen molar-refractivity contribution in [2.24, 2.45) is 0 Å². The SMILES string of the molecule is COc1nc(Oc2cc(F)cc(F)c2)c(-c2ccc(Cl)cc2)c(-c2ccc(Cl)cc2Cl)n1. The van der Waals surface area contributed by atoms with Gasteiger partial charge < -0.3 is 9.47 Å². The normalized spacial score (nSPS) is 10.8. The van der Waals surface area contributed by atoms with Crippen LogP contribution in [0.1, 0.15) is 0 Å². The number of hydrogen-bond acceptors (Lipinski definition) is 4. The number of hydrogen-bond donors (Lipinski definition) is 0. The van der Waals surface area contributed by atoms with Gasteiger partial charge in [0.2, 0.25) is 5.88 Å². The molecule has 0 bridgehead atoms. The summed E-state index contributed by atoms with van der Waals surface area (Å²) in [5.74, 6) is -1.68. The topological polar surface area (TPSA) is 44.2 Å². The standard InChI is InChI=1S/C23H13Cl3F2N2O2/c1-31-23-29-21(18-7-6-14(25)8-19(18)26)20(12-2-4-13(24)5-3-12)22(30-23)32-17-10-15(27)9-16(28)11-17/h2-11H,1H3. The molecule has 4 aromatic rings. The van der Waals surface area contributed by atoms with Crippen LogP contribution in [-0.2, 0) is 0 Å². The Labute approximate surface area is 197 Å². The molecule has 162 valence electrons. The summed E-state index contributed by atoms with van der Waals surface area (Å²) < 4.78 is 38.6. The number of nitrogens with zero attached hydrogens (tertiary/aromatic N) is 2. The molecule has 0 aliphatic heterocycles. The van der Waals surface area contributed by atoms with Crippen LogP contribution in [-0.4, -0.2) is 17.1 Å². The molecule has 0 aliphatic carbocycles. The van der Waals surface area contributed by atoms with Crippen molar-refractivity contribution in [2.45, 2.75) is 0 Å². The molecule has 0 saturated heterocycles. The van der Waals surface area contributed by atoms with E-state index in [4.69, 9.17) is 44.3 Å². The zero-order valence-corrected chi connectivity index (χ0v) is 18.6. The van der Waals surface area contributed by atoms with Crippen LogP contribution < -0.4 is 9.47 Å². The number of halogens is 5. The molecule has 4 rings (SSSR count). The maximum Gasteiger partial charge on any atom is 0.320 e. The lowest BCUT2D eigenvalue weighted by Crippen LogP contribution is -2.02. The molecule has 0 N–H and O–H groups in total. The maximum atomic E-state index is 13.8. The van der Waals surface area contributed by atoms with Crippen molar-refractivity contribution in [2.75, 3.05) is 7.11 Å². The summed E-state index contributed by atoms with van der Waals surface area (Å²) in [7, 11) is 1.39. The first-order valence-corrected chi connectivity index (χ1v) is 10.3. The number of benzene rings is 3. The van der Waals surface area contributed by atoms with Crippen LogP contribution in [0.2, 0.25) is 15.1 Å². The molecule has 0 saturated carbocycles. The molecule has 4 nitrogen and oxygen atoms in total. The van der Waals surface area contributed by atoms with Crippen molar-refractivity contribution in [1.29, 1.82) is 0 Å². The van der Waals surface area contributed by atoms with Crippen LogP contribution >= 0.6 is 34.8 Å². The summed E-state index contributed by atoms with van der Waals surface area (Å²) in [5, 5.41) is 1.29. The summed E-state index contributed by atoms with van der Waals surface area (Å²) in [6, 6.07) is 14.5. The van der Waals surface area contributed by atoms with E-state index < -0.39 is 11.6 Å². The van der Waals surface area contributed by atoms with Gasteiger partial charge in [0.25, 0.3) is 0 Å². The Hall–Kier alpha value is -2.93. The number of rotatable bonds is 5. The lowest BCUT2D eigenvalue weighted by atomic mass is 10.00. The van der Waals surface area contributed by atoms with E-state index in [9.17, 15) is 8.78 Å². The van der Waals surface area contributed by atoms with Gasteiger partial charge >= 0.3 is 6.01 Å². The Morgan fingerprint density at radius 1 is 0.781 bits per heavy atom. The van der Waals surface area contributed by atoms with E-state index in [0.717, 1.165) is 18.2 Å². The molecular formula is C23H13Cl3F2N2O2. The van der Waals surface area contributed by atoms with Gasteiger partial charge in [-0.15, -0.1) is 0 Å². The largest absolute Gasteiger partial charge is 0.467 e. The van der Waals surface area contributed by atoms with E-state index in [1.165, 1.54) is 7.11 Å². The smallest absolute Gasteiger partial charge is 0.320 e. The summed E-state index contributed by atoms with van der Waals surface area (Å²) in [5.41, 5.74) is 1.94. The minimum atomic E-state index is -0.796. The van der Waals surface area contributed by atoms with Crippen molar-refractivity contribution >= 4 is 34.8 Å². The van der Waals surface area contributed by atoms with Gasteiger partial charge in [0.05, 0.1) is 23.4 Å². The van der Waals surface area contributed by atoms with E-state index >= 15 is 0 Å². The Morgan fingerprint density at radius 2 is 1.44 bits per heavy atom. The second kappa shape index (κ2) is 9.28. The van der Waals surface area contributed by atoms with Gasteiger partial charge in [-0.3, -0.25) is 0 Å². The predicted octanol–water partition coefficient (Wildman–Crippen LogP) is 7.85. The monoisotopic (exact) mass is 492 g/mol. The molecule has 0 atom stereocenters. The number of ether oxygens (including phenoxy) is 2. The summed E-state index contributed by atoms with van der Waals surface area (Å²) in [6.45, 7) is 0. The third-order valence-electron chi connectivity index (χ3n) is 4.41. The Balaban J connectivity index is 1.99. The van der Waals surface area contributed by atoms with Crippen LogP contribution in [0.4, 0.5) is 8.78 Å². The van der Waals surface area contributed by atoms with Gasteiger partial charge in [-0.1, -0.05) is 46.9 Å². The molecule has 0 radical (unpaired) electrons. The molecule has 1 aromatic heterocycles. The van der Waals surface area contributed by atoms with Gasteiger partial charge in [-0.25, -0.2) is 8.78 Å². The molecular weight excluding hydrogens is 481 g/mol. The zero-order valence-electron chi connectivity index (χ0n) is 16.4. The third kappa shape index (κ3) is 4.78. The lowest BCUT2D eigenvalue weighted by molar-refractivity contribution is 0.367. The zero-order chi connectivity index (χ0) is 22.8. The molecule has 32 heavy (non-hydrogen) atoms. The van der Waals surface area contributed by atoms with Crippen molar-refractivity contribution in [3.05, 3.63) is 87.4 Å². The quantitative estimate of drug-likeness (QED) is 0.284. The average Bonchev–Trinajstić information content (AvgIpc) is 2.73. The molecule has 3 aromatic carbocycles. The third-order valence-corrected chi connectivity index (χ3v) is 5.21. The number of aromatic nitrogens is 2. The second-order valence-electron chi connectivity index (χ2n) is 6.58. The maximum absolute atomic E-state index is 13.8. The van der Waals surface area contributed by atoms with Gasteiger partial charge in [-0.05, 0) is 35.9 Å². The first kappa shape index (κ1) is 22.3. The summed E-state index contributed by atoms with van der Waals surface area (Å²) >= 11 is 18.6.